The number of hydrogen-bond donors (Lipinski definition) is 1. The molecule has 0 spiro atoms. The second-order valence-corrected chi connectivity index (χ2v) is 4.62. The molecule has 5 heteroatoms. The summed E-state index contributed by atoms with van der Waals surface area (Å²) in [6, 6.07) is 1.73. The zero-order valence-corrected chi connectivity index (χ0v) is 9.95. The molecular formula is C13H14F2O3. The highest BCUT2D eigenvalue weighted by Crippen LogP contribution is 2.34. The maximum Gasteiger partial charge on any atom is 0.310 e. The lowest BCUT2D eigenvalue weighted by molar-refractivity contribution is -0.138. The first-order chi connectivity index (χ1) is 8.49. The fraction of sp³-hybridized carbons (Fsp3) is 0.462. The Kier molecular flexibility index (Phi) is 3.50. The maximum atomic E-state index is 13.6. The second-order valence-electron chi connectivity index (χ2n) is 4.62. The quantitative estimate of drug-likeness (QED) is 0.881. The van der Waals surface area contributed by atoms with Gasteiger partial charge in [-0.05, 0) is 31.7 Å². The minimum atomic E-state index is -1.14. The van der Waals surface area contributed by atoms with Gasteiger partial charge in [-0.1, -0.05) is 0 Å². The summed E-state index contributed by atoms with van der Waals surface area (Å²) in [5.74, 6) is -3.53. The van der Waals surface area contributed by atoms with Gasteiger partial charge >= 0.3 is 5.97 Å². The Morgan fingerprint density at radius 1 is 1.50 bits per heavy atom. The molecule has 1 atom stereocenters. The average Bonchev–Trinajstić information content (AvgIpc) is 3.09. The monoisotopic (exact) mass is 256 g/mol. The van der Waals surface area contributed by atoms with Gasteiger partial charge in [-0.3, -0.25) is 4.79 Å². The molecule has 0 heterocycles. The van der Waals surface area contributed by atoms with Gasteiger partial charge in [0.2, 0.25) is 0 Å². The molecule has 0 aromatic heterocycles. The first kappa shape index (κ1) is 12.8. The number of carboxylic acids is 1. The smallest absolute Gasteiger partial charge is 0.310 e. The standard InChI is InChI=1S/C13H14F2O3/c1-7(13(16)17)10-4-9(14)5-11(15)12(10)18-6-8-2-3-8/h4-5,7-8H,2-3,6H2,1H3,(H,16,17). The van der Waals surface area contributed by atoms with E-state index in [9.17, 15) is 13.6 Å². The number of benzene rings is 1. The van der Waals surface area contributed by atoms with Gasteiger partial charge in [0.15, 0.2) is 11.6 Å². The van der Waals surface area contributed by atoms with Crippen LogP contribution in [0.1, 0.15) is 31.2 Å². The second kappa shape index (κ2) is 4.92. The summed E-state index contributed by atoms with van der Waals surface area (Å²) in [4.78, 5) is 10.9. The van der Waals surface area contributed by atoms with Crippen molar-refractivity contribution in [2.75, 3.05) is 6.61 Å². The fourth-order valence-corrected chi connectivity index (χ4v) is 1.67. The van der Waals surface area contributed by atoms with Gasteiger partial charge in [0.05, 0.1) is 12.5 Å². The van der Waals surface area contributed by atoms with Gasteiger partial charge in [0, 0.05) is 11.6 Å². The van der Waals surface area contributed by atoms with E-state index in [1.54, 1.807) is 0 Å². The maximum absolute atomic E-state index is 13.6. The summed E-state index contributed by atoms with van der Waals surface area (Å²) in [7, 11) is 0. The van der Waals surface area contributed by atoms with E-state index in [0.717, 1.165) is 18.9 Å². The minimum Gasteiger partial charge on any atom is -0.490 e. The van der Waals surface area contributed by atoms with Crippen molar-refractivity contribution in [3.8, 4) is 5.75 Å². The molecule has 18 heavy (non-hydrogen) atoms. The molecule has 1 aliphatic carbocycles. The number of carbonyl (C=O) groups is 1. The number of carboxylic acid groups (broad SMARTS) is 1. The topological polar surface area (TPSA) is 46.5 Å². The number of ether oxygens (including phenoxy) is 1. The molecule has 1 aromatic rings. The summed E-state index contributed by atoms with van der Waals surface area (Å²) in [6.07, 6.45) is 2.07. The van der Waals surface area contributed by atoms with Crippen molar-refractivity contribution >= 4 is 5.97 Å². The average molecular weight is 256 g/mol. The lowest BCUT2D eigenvalue weighted by Crippen LogP contribution is -2.12. The van der Waals surface area contributed by atoms with Crippen LogP contribution in [-0.4, -0.2) is 17.7 Å². The van der Waals surface area contributed by atoms with Crippen molar-refractivity contribution in [2.45, 2.75) is 25.7 Å². The zero-order valence-electron chi connectivity index (χ0n) is 9.95. The zero-order chi connectivity index (χ0) is 13.3. The molecular weight excluding hydrogens is 242 g/mol. The van der Waals surface area contributed by atoms with E-state index in [-0.39, 0.29) is 11.3 Å². The van der Waals surface area contributed by atoms with Crippen LogP contribution in [0.15, 0.2) is 12.1 Å². The normalized spacial score (nSPS) is 16.4. The summed E-state index contributed by atoms with van der Waals surface area (Å²) >= 11 is 0. The van der Waals surface area contributed by atoms with E-state index in [4.69, 9.17) is 9.84 Å². The predicted octanol–water partition coefficient (Wildman–Crippen LogP) is 2.94. The summed E-state index contributed by atoms with van der Waals surface area (Å²) in [6.45, 7) is 1.72. The minimum absolute atomic E-state index is 0.0423. The van der Waals surface area contributed by atoms with Crippen molar-refractivity contribution in [3.63, 3.8) is 0 Å². The van der Waals surface area contributed by atoms with Crippen molar-refractivity contribution in [1.29, 1.82) is 0 Å². The Labute approximate surface area is 103 Å². The highest BCUT2D eigenvalue weighted by molar-refractivity contribution is 5.76. The molecule has 1 N–H and O–H groups in total. The molecule has 0 amide bonds. The van der Waals surface area contributed by atoms with Crippen LogP contribution in [0, 0.1) is 17.6 Å². The SMILES string of the molecule is CC(C(=O)O)c1cc(F)cc(F)c1OCC1CC1. The number of halogens is 2. The van der Waals surface area contributed by atoms with Crippen LogP contribution in [-0.2, 0) is 4.79 Å². The Bertz CT molecular complexity index is 470. The Morgan fingerprint density at radius 3 is 2.72 bits per heavy atom. The highest BCUT2D eigenvalue weighted by Gasteiger charge is 2.26. The first-order valence-corrected chi connectivity index (χ1v) is 5.83. The van der Waals surface area contributed by atoms with Gasteiger partial charge in [-0.25, -0.2) is 8.78 Å². The molecule has 3 nitrogen and oxygen atoms in total. The number of rotatable bonds is 5. The third kappa shape index (κ3) is 2.78. The van der Waals surface area contributed by atoms with Gasteiger partial charge in [-0.2, -0.15) is 0 Å². The summed E-state index contributed by atoms with van der Waals surface area (Å²) in [5, 5.41) is 8.93. The molecule has 0 saturated heterocycles. The lowest BCUT2D eigenvalue weighted by Gasteiger charge is -2.15. The Morgan fingerprint density at radius 2 is 2.17 bits per heavy atom. The van der Waals surface area contributed by atoms with E-state index in [1.807, 2.05) is 0 Å². The van der Waals surface area contributed by atoms with Gasteiger partial charge in [0.1, 0.15) is 5.82 Å². The molecule has 0 aliphatic heterocycles. The van der Waals surface area contributed by atoms with Crippen LogP contribution in [0.2, 0.25) is 0 Å². The highest BCUT2D eigenvalue weighted by atomic mass is 19.1. The fourth-order valence-electron chi connectivity index (χ4n) is 1.67. The van der Waals surface area contributed by atoms with E-state index in [0.29, 0.717) is 18.6 Å². The predicted molar refractivity (Wildman–Crippen MR) is 60.6 cm³/mol. The van der Waals surface area contributed by atoms with Crippen molar-refractivity contribution in [3.05, 3.63) is 29.3 Å². The van der Waals surface area contributed by atoms with Crippen LogP contribution < -0.4 is 4.74 Å². The van der Waals surface area contributed by atoms with Crippen LogP contribution in [0.4, 0.5) is 8.78 Å². The molecule has 1 unspecified atom stereocenters. The number of hydrogen-bond acceptors (Lipinski definition) is 2. The Hall–Kier alpha value is -1.65. The third-order valence-electron chi connectivity index (χ3n) is 3.03. The molecule has 1 aromatic carbocycles. The molecule has 98 valence electrons. The number of aliphatic carboxylic acids is 1. The van der Waals surface area contributed by atoms with Crippen LogP contribution >= 0.6 is 0 Å². The molecule has 0 radical (unpaired) electrons. The molecule has 1 saturated carbocycles. The van der Waals surface area contributed by atoms with Crippen molar-refractivity contribution in [2.24, 2.45) is 5.92 Å². The van der Waals surface area contributed by atoms with Crippen LogP contribution in [0.3, 0.4) is 0 Å². The summed E-state index contributed by atoms with van der Waals surface area (Å²) < 4.78 is 32.1. The molecule has 0 bridgehead atoms. The van der Waals surface area contributed by atoms with E-state index >= 15 is 0 Å². The van der Waals surface area contributed by atoms with Gasteiger partial charge < -0.3 is 9.84 Å². The Balaban J connectivity index is 2.30. The summed E-state index contributed by atoms with van der Waals surface area (Å²) in [5.41, 5.74) is 0.0423. The lowest BCUT2D eigenvalue weighted by atomic mass is 10.00. The van der Waals surface area contributed by atoms with Crippen molar-refractivity contribution < 1.29 is 23.4 Å². The van der Waals surface area contributed by atoms with E-state index in [2.05, 4.69) is 0 Å². The van der Waals surface area contributed by atoms with Crippen molar-refractivity contribution in [1.82, 2.24) is 0 Å². The largest absolute Gasteiger partial charge is 0.490 e. The van der Waals surface area contributed by atoms with E-state index in [1.165, 1.54) is 6.92 Å². The molecule has 1 aliphatic rings. The van der Waals surface area contributed by atoms with E-state index < -0.39 is 23.5 Å². The van der Waals surface area contributed by atoms with Crippen LogP contribution in [0.25, 0.3) is 0 Å². The molecule has 2 rings (SSSR count). The van der Waals surface area contributed by atoms with Gasteiger partial charge in [-0.15, -0.1) is 0 Å². The molecule has 1 fully saturated rings. The third-order valence-corrected chi connectivity index (χ3v) is 3.03. The van der Waals surface area contributed by atoms with Gasteiger partial charge in [0.25, 0.3) is 0 Å². The first-order valence-electron chi connectivity index (χ1n) is 5.83. The van der Waals surface area contributed by atoms with Crippen LogP contribution in [0.5, 0.6) is 5.75 Å².